The van der Waals surface area contributed by atoms with Crippen molar-refractivity contribution in [3.8, 4) is 0 Å². The molecule has 1 heterocycles. The summed E-state index contributed by atoms with van der Waals surface area (Å²) in [6, 6.07) is 7.65. The molecule has 1 aromatic carbocycles. The standard InChI is InChI=1S/C12H10O3/c1-14-12(13)7-6-9-8-15-11-5-3-2-4-10(9)11/h2-8H,1H3/b7-6+. The summed E-state index contributed by atoms with van der Waals surface area (Å²) in [6.07, 6.45) is 4.67. The quantitative estimate of drug-likeness (QED) is 0.555. The maximum Gasteiger partial charge on any atom is 0.330 e. The molecule has 0 N–H and O–H groups in total. The van der Waals surface area contributed by atoms with Gasteiger partial charge in [0.2, 0.25) is 0 Å². The van der Waals surface area contributed by atoms with Crippen molar-refractivity contribution in [3.63, 3.8) is 0 Å². The largest absolute Gasteiger partial charge is 0.466 e. The van der Waals surface area contributed by atoms with E-state index in [0.29, 0.717) is 0 Å². The number of para-hydroxylation sites is 1. The molecule has 0 amide bonds. The third-order valence-electron chi connectivity index (χ3n) is 2.11. The van der Waals surface area contributed by atoms with Gasteiger partial charge in [0.05, 0.1) is 13.4 Å². The van der Waals surface area contributed by atoms with Crippen LogP contribution in [0.25, 0.3) is 17.0 Å². The molecule has 0 unspecified atom stereocenters. The Morgan fingerprint density at radius 3 is 3.00 bits per heavy atom. The molecule has 0 radical (unpaired) electrons. The van der Waals surface area contributed by atoms with Gasteiger partial charge in [-0.1, -0.05) is 18.2 Å². The van der Waals surface area contributed by atoms with Crippen molar-refractivity contribution < 1.29 is 13.9 Å². The van der Waals surface area contributed by atoms with Gasteiger partial charge in [-0.25, -0.2) is 4.79 Å². The van der Waals surface area contributed by atoms with Crippen molar-refractivity contribution in [2.75, 3.05) is 7.11 Å². The van der Waals surface area contributed by atoms with Crippen molar-refractivity contribution in [1.29, 1.82) is 0 Å². The second-order valence-corrected chi connectivity index (χ2v) is 3.04. The average Bonchev–Trinajstić information content (AvgIpc) is 2.69. The van der Waals surface area contributed by atoms with Crippen LogP contribution in [0.4, 0.5) is 0 Å². The number of furan rings is 1. The number of esters is 1. The summed E-state index contributed by atoms with van der Waals surface area (Å²) in [5.74, 6) is -0.375. The molecule has 15 heavy (non-hydrogen) atoms. The minimum Gasteiger partial charge on any atom is -0.466 e. The van der Waals surface area contributed by atoms with E-state index in [4.69, 9.17) is 4.42 Å². The predicted molar refractivity (Wildman–Crippen MR) is 57.3 cm³/mol. The van der Waals surface area contributed by atoms with Gasteiger partial charge in [0.1, 0.15) is 5.58 Å². The number of benzene rings is 1. The molecule has 0 fully saturated rings. The highest BCUT2D eigenvalue weighted by Gasteiger charge is 2.01. The highest BCUT2D eigenvalue weighted by molar-refractivity contribution is 5.92. The van der Waals surface area contributed by atoms with E-state index in [2.05, 4.69) is 4.74 Å². The van der Waals surface area contributed by atoms with Gasteiger partial charge >= 0.3 is 5.97 Å². The molecule has 2 aromatic rings. The molecule has 3 heteroatoms. The first kappa shape index (κ1) is 9.52. The van der Waals surface area contributed by atoms with Crippen molar-refractivity contribution in [2.24, 2.45) is 0 Å². The summed E-state index contributed by atoms with van der Waals surface area (Å²) in [4.78, 5) is 10.9. The molecule has 76 valence electrons. The van der Waals surface area contributed by atoms with Crippen LogP contribution < -0.4 is 0 Å². The third-order valence-corrected chi connectivity index (χ3v) is 2.11. The van der Waals surface area contributed by atoms with Crippen LogP contribution in [0, 0.1) is 0 Å². The second kappa shape index (κ2) is 4.00. The number of carbonyl (C=O) groups excluding carboxylic acids is 1. The van der Waals surface area contributed by atoms with Crippen molar-refractivity contribution >= 4 is 23.0 Å². The first-order valence-corrected chi connectivity index (χ1v) is 4.53. The monoisotopic (exact) mass is 202 g/mol. The lowest BCUT2D eigenvalue weighted by atomic mass is 10.2. The van der Waals surface area contributed by atoms with Gasteiger partial charge in [-0.15, -0.1) is 0 Å². The number of carbonyl (C=O) groups is 1. The SMILES string of the molecule is COC(=O)/C=C/c1coc2ccccc12. The number of methoxy groups -OCH3 is 1. The van der Waals surface area contributed by atoms with E-state index in [-0.39, 0.29) is 5.97 Å². The Balaban J connectivity index is 2.36. The van der Waals surface area contributed by atoms with E-state index in [9.17, 15) is 4.79 Å². The Hall–Kier alpha value is -2.03. The molecular weight excluding hydrogens is 192 g/mol. The Kier molecular flexibility index (Phi) is 2.54. The minimum absolute atomic E-state index is 0.375. The fourth-order valence-electron chi connectivity index (χ4n) is 1.35. The van der Waals surface area contributed by atoms with E-state index in [0.717, 1.165) is 16.5 Å². The number of rotatable bonds is 2. The Morgan fingerprint density at radius 1 is 1.40 bits per heavy atom. The van der Waals surface area contributed by atoms with Gasteiger partial charge in [-0.05, 0) is 12.1 Å². The number of ether oxygens (including phenoxy) is 1. The summed E-state index contributed by atoms with van der Waals surface area (Å²) >= 11 is 0. The van der Waals surface area contributed by atoms with Crippen molar-refractivity contribution in [2.45, 2.75) is 0 Å². The van der Waals surface area contributed by atoms with Crippen LogP contribution >= 0.6 is 0 Å². The summed E-state index contributed by atoms with van der Waals surface area (Å²) in [7, 11) is 1.35. The summed E-state index contributed by atoms with van der Waals surface area (Å²) in [6.45, 7) is 0. The molecule has 0 aliphatic heterocycles. The fourth-order valence-corrected chi connectivity index (χ4v) is 1.35. The lowest BCUT2D eigenvalue weighted by Crippen LogP contribution is -1.92. The maximum atomic E-state index is 10.9. The fraction of sp³-hybridized carbons (Fsp3) is 0.0833. The molecule has 2 rings (SSSR count). The Morgan fingerprint density at radius 2 is 2.20 bits per heavy atom. The van der Waals surface area contributed by atoms with Gasteiger partial charge in [0, 0.05) is 17.0 Å². The zero-order valence-electron chi connectivity index (χ0n) is 8.27. The predicted octanol–water partition coefficient (Wildman–Crippen LogP) is 2.62. The van der Waals surface area contributed by atoms with E-state index in [1.165, 1.54) is 13.2 Å². The van der Waals surface area contributed by atoms with Crippen LogP contribution in [-0.2, 0) is 9.53 Å². The summed E-state index contributed by atoms with van der Waals surface area (Å²) in [5.41, 5.74) is 1.68. The highest BCUT2D eigenvalue weighted by atomic mass is 16.5. The summed E-state index contributed by atoms with van der Waals surface area (Å²) < 4.78 is 9.82. The van der Waals surface area contributed by atoms with E-state index < -0.39 is 0 Å². The molecule has 0 saturated carbocycles. The lowest BCUT2D eigenvalue weighted by molar-refractivity contribution is -0.134. The highest BCUT2D eigenvalue weighted by Crippen LogP contribution is 2.21. The van der Waals surface area contributed by atoms with E-state index in [1.807, 2.05) is 24.3 Å². The number of hydrogen-bond acceptors (Lipinski definition) is 3. The normalized spacial score (nSPS) is 11.0. The molecular formula is C12H10O3. The van der Waals surface area contributed by atoms with E-state index >= 15 is 0 Å². The molecule has 0 aliphatic rings. The van der Waals surface area contributed by atoms with Crippen LogP contribution in [0.5, 0.6) is 0 Å². The van der Waals surface area contributed by atoms with Crippen LogP contribution in [0.2, 0.25) is 0 Å². The Bertz CT molecular complexity index is 508. The minimum atomic E-state index is -0.375. The second-order valence-electron chi connectivity index (χ2n) is 3.04. The van der Waals surface area contributed by atoms with Crippen LogP contribution in [0.1, 0.15) is 5.56 Å². The number of hydrogen-bond donors (Lipinski definition) is 0. The van der Waals surface area contributed by atoms with Gasteiger partial charge in [0.25, 0.3) is 0 Å². The molecule has 0 spiro atoms. The van der Waals surface area contributed by atoms with Crippen LogP contribution in [0.3, 0.4) is 0 Å². The third kappa shape index (κ3) is 1.91. The average molecular weight is 202 g/mol. The molecule has 0 atom stereocenters. The molecule has 3 nitrogen and oxygen atoms in total. The first-order valence-electron chi connectivity index (χ1n) is 4.53. The zero-order valence-corrected chi connectivity index (χ0v) is 8.27. The van der Waals surface area contributed by atoms with E-state index in [1.54, 1.807) is 12.3 Å². The lowest BCUT2D eigenvalue weighted by Gasteiger charge is -1.90. The smallest absolute Gasteiger partial charge is 0.330 e. The van der Waals surface area contributed by atoms with Gasteiger partial charge in [-0.2, -0.15) is 0 Å². The van der Waals surface area contributed by atoms with Crippen LogP contribution in [0.15, 0.2) is 41.0 Å². The maximum absolute atomic E-state index is 10.9. The van der Waals surface area contributed by atoms with Gasteiger partial charge in [0.15, 0.2) is 0 Å². The molecule has 1 aromatic heterocycles. The molecule has 0 saturated heterocycles. The Labute approximate surface area is 87.0 Å². The van der Waals surface area contributed by atoms with Gasteiger partial charge in [-0.3, -0.25) is 0 Å². The van der Waals surface area contributed by atoms with Crippen molar-refractivity contribution in [1.82, 2.24) is 0 Å². The zero-order chi connectivity index (χ0) is 10.7. The first-order chi connectivity index (χ1) is 7.31. The van der Waals surface area contributed by atoms with Crippen molar-refractivity contribution in [3.05, 3.63) is 42.2 Å². The topological polar surface area (TPSA) is 39.4 Å². The summed E-state index contributed by atoms with van der Waals surface area (Å²) in [5, 5.41) is 0.984. The van der Waals surface area contributed by atoms with Gasteiger partial charge < -0.3 is 9.15 Å². The van der Waals surface area contributed by atoms with Crippen LogP contribution in [-0.4, -0.2) is 13.1 Å². The molecule has 0 bridgehead atoms. The molecule has 0 aliphatic carbocycles. The number of fused-ring (bicyclic) bond motifs is 1.